The number of para-hydroxylation sites is 1. The van der Waals surface area contributed by atoms with Crippen molar-refractivity contribution in [2.24, 2.45) is 0 Å². The average molecular weight is 465 g/mol. The highest BCUT2D eigenvalue weighted by molar-refractivity contribution is 7.85. The molecule has 1 aromatic heterocycles. The summed E-state index contributed by atoms with van der Waals surface area (Å²) in [5, 5.41) is 2.02. The lowest BCUT2D eigenvalue weighted by Gasteiger charge is -2.12. The zero-order valence-electron chi connectivity index (χ0n) is 14.7. The van der Waals surface area contributed by atoms with Crippen LogP contribution in [0, 0.1) is 0 Å². The Hall–Kier alpha value is -2.83. The minimum atomic E-state index is -4.67. The van der Waals surface area contributed by atoms with Gasteiger partial charge in [0.25, 0.3) is 0 Å². The molecule has 0 aliphatic rings. The molecule has 0 radical (unpaired) electrons. The normalized spacial score (nSPS) is 10.7. The molecule has 0 aliphatic heterocycles. The third kappa shape index (κ3) is 6.93. The van der Waals surface area contributed by atoms with Crippen molar-refractivity contribution in [2.45, 2.75) is 0 Å². The number of esters is 1. The van der Waals surface area contributed by atoms with Crippen LogP contribution in [-0.2, 0) is 15.0 Å². The molecule has 1 aromatic carbocycles. The molecule has 2 amide bonds. The fraction of sp³-hybridized carbons (Fsp3) is 0.200. The molecule has 2 rings (SSSR count). The van der Waals surface area contributed by atoms with E-state index in [0.717, 1.165) is 0 Å². The molecule has 0 atom stereocenters. The summed E-state index contributed by atoms with van der Waals surface area (Å²) < 4.78 is 40.3. The molecular weight excluding hydrogens is 451 g/mol. The number of carbonyl (C=O) groups is 2. The quantitative estimate of drug-likeness (QED) is 0.339. The topological polar surface area (TPSA) is 146 Å². The van der Waals surface area contributed by atoms with Gasteiger partial charge in [-0.3, -0.25) is 5.32 Å². The van der Waals surface area contributed by atoms with E-state index in [1.54, 1.807) is 4.72 Å². The van der Waals surface area contributed by atoms with Crippen molar-refractivity contribution < 1.29 is 31.7 Å². The molecule has 0 aliphatic carbocycles. The van der Waals surface area contributed by atoms with Crippen LogP contribution in [0.4, 0.5) is 10.7 Å². The second kappa shape index (κ2) is 10.1. The molecular formula is C15H14Cl2N4O7S. The van der Waals surface area contributed by atoms with Gasteiger partial charge in [-0.2, -0.15) is 13.4 Å². The summed E-state index contributed by atoms with van der Waals surface area (Å²) in [6.45, 7) is -0.0781. The van der Waals surface area contributed by atoms with E-state index in [9.17, 15) is 18.0 Å². The number of hydrogen-bond donors (Lipinski definition) is 2. The molecule has 0 fully saturated rings. The summed E-state index contributed by atoms with van der Waals surface area (Å²) in [7, 11) is -3.36. The van der Waals surface area contributed by atoms with Gasteiger partial charge in [-0.15, -0.1) is 11.6 Å². The van der Waals surface area contributed by atoms with Crippen LogP contribution in [0.2, 0.25) is 5.15 Å². The molecule has 0 bridgehead atoms. The van der Waals surface area contributed by atoms with Crippen LogP contribution in [0.5, 0.6) is 11.6 Å². The van der Waals surface area contributed by atoms with Gasteiger partial charge in [0.1, 0.15) is 17.3 Å². The van der Waals surface area contributed by atoms with Crippen molar-refractivity contribution in [3.63, 3.8) is 0 Å². The summed E-state index contributed by atoms with van der Waals surface area (Å²) in [5.41, 5.74) is -0.175. The van der Waals surface area contributed by atoms with Gasteiger partial charge in [0.05, 0.1) is 13.0 Å². The van der Waals surface area contributed by atoms with E-state index in [1.807, 2.05) is 0 Å². The number of benzene rings is 1. The maximum atomic E-state index is 12.1. The molecule has 0 spiro atoms. The van der Waals surface area contributed by atoms with Crippen LogP contribution in [0.3, 0.4) is 0 Å². The van der Waals surface area contributed by atoms with Crippen molar-refractivity contribution in [3.8, 4) is 11.6 Å². The molecule has 2 N–H and O–H groups in total. The molecule has 0 unspecified atom stereocenters. The van der Waals surface area contributed by atoms with Gasteiger partial charge in [0, 0.05) is 6.07 Å². The first kappa shape index (κ1) is 22.5. The SMILES string of the molecule is COc1cc(Cl)nc(NC(=O)NS(=O)(=O)Oc2ccccc2C(=O)OCCCl)n1. The van der Waals surface area contributed by atoms with Crippen molar-refractivity contribution >= 4 is 51.5 Å². The highest BCUT2D eigenvalue weighted by atomic mass is 35.5. The van der Waals surface area contributed by atoms with Crippen LogP contribution in [0.25, 0.3) is 0 Å². The van der Waals surface area contributed by atoms with Crippen LogP contribution in [0.1, 0.15) is 10.4 Å². The van der Waals surface area contributed by atoms with Crippen molar-refractivity contribution in [3.05, 3.63) is 41.0 Å². The number of urea groups is 1. The smallest absolute Gasteiger partial charge is 0.411 e. The van der Waals surface area contributed by atoms with Gasteiger partial charge in [-0.05, 0) is 12.1 Å². The molecule has 2 aromatic rings. The lowest BCUT2D eigenvalue weighted by Crippen LogP contribution is -2.37. The maximum absolute atomic E-state index is 12.1. The molecule has 1 heterocycles. The van der Waals surface area contributed by atoms with Crippen LogP contribution in [0.15, 0.2) is 30.3 Å². The number of nitrogens with one attached hydrogen (secondary N) is 2. The van der Waals surface area contributed by atoms with Gasteiger partial charge in [-0.25, -0.2) is 19.3 Å². The number of alkyl halides is 1. The number of hydrogen-bond acceptors (Lipinski definition) is 9. The summed E-state index contributed by atoms with van der Waals surface area (Å²) in [6.07, 6.45) is 0. The predicted octanol–water partition coefficient (Wildman–Crippen LogP) is 1.98. The number of rotatable bonds is 8. The number of amides is 2. The van der Waals surface area contributed by atoms with E-state index >= 15 is 0 Å². The lowest BCUT2D eigenvalue weighted by atomic mass is 10.2. The van der Waals surface area contributed by atoms with E-state index in [-0.39, 0.29) is 40.8 Å². The lowest BCUT2D eigenvalue weighted by molar-refractivity contribution is 0.0527. The van der Waals surface area contributed by atoms with E-state index in [1.165, 1.54) is 37.4 Å². The minimum Gasteiger partial charge on any atom is -0.481 e. The second-order valence-electron chi connectivity index (χ2n) is 4.97. The van der Waals surface area contributed by atoms with Crippen LogP contribution in [-0.4, -0.2) is 50.0 Å². The fourth-order valence-electron chi connectivity index (χ4n) is 1.85. The number of carbonyl (C=O) groups excluding carboxylic acids is 2. The Kier molecular flexibility index (Phi) is 7.82. The van der Waals surface area contributed by atoms with Gasteiger partial charge >= 0.3 is 22.3 Å². The zero-order chi connectivity index (χ0) is 21.4. The highest BCUT2D eigenvalue weighted by Gasteiger charge is 2.22. The van der Waals surface area contributed by atoms with Crippen LogP contribution >= 0.6 is 23.2 Å². The number of methoxy groups -OCH3 is 1. The Morgan fingerprint density at radius 1 is 1.21 bits per heavy atom. The number of anilines is 1. The zero-order valence-corrected chi connectivity index (χ0v) is 17.0. The highest BCUT2D eigenvalue weighted by Crippen LogP contribution is 2.21. The Balaban J connectivity index is 2.10. The Labute approximate surface area is 175 Å². The number of ether oxygens (including phenoxy) is 2. The van der Waals surface area contributed by atoms with Crippen molar-refractivity contribution in [1.29, 1.82) is 0 Å². The van der Waals surface area contributed by atoms with Gasteiger partial charge in [0.15, 0.2) is 5.75 Å². The first-order valence-corrected chi connectivity index (χ1v) is 10.00. The second-order valence-corrected chi connectivity index (χ2v) is 7.02. The Morgan fingerprint density at radius 2 is 1.93 bits per heavy atom. The maximum Gasteiger partial charge on any atom is 0.411 e. The summed E-state index contributed by atoms with van der Waals surface area (Å²) in [6, 6.07) is 5.44. The van der Waals surface area contributed by atoms with Crippen molar-refractivity contribution in [1.82, 2.24) is 14.7 Å². The van der Waals surface area contributed by atoms with Gasteiger partial charge in [-0.1, -0.05) is 23.7 Å². The fourth-order valence-corrected chi connectivity index (χ4v) is 2.81. The minimum absolute atomic E-state index is 0.0452. The van der Waals surface area contributed by atoms with Gasteiger partial charge < -0.3 is 13.7 Å². The standard InChI is InChI=1S/C15H14Cl2N4O7S/c1-26-12-8-11(17)18-14(19-12)20-15(23)21-29(24,25)28-10-5-3-2-4-9(10)13(22)27-7-6-16/h2-5,8H,6-7H2,1H3,(H2,18,19,20,21,23). The Bertz CT molecular complexity index is 1000. The average Bonchev–Trinajstić information content (AvgIpc) is 2.65. The van der Waals surface area contributed by atoms with Crippen molar-refractivity contribution in [2.75, 3.05) is 24.9 Å². The number of nitrogens with zero attached hydrogens (tertiary/aromatic N) is 2. The molecule has 11 nitrogen and oxygen atoms in total. The summed E-state index contributed by atoms with van der Waals surface area (Å²) >= 11 is 11.2. The molecule has 0 saturated heterocycles. The monoisotopic (exact) mass is 464 g/mol. The first-order chi connectivity index (χ1) is 13.7. The third-order valence-corrected chi connectivity index (χ3v) is 4.12. The largest absolute Gasteiger partial charge is 0.481 e. The number of aromatic nitrogens is 2. The molecule has 14 heteroatoms. The van der Waals surface area contributed by atoms with E-state index in [2.05, 4.69) is 15.3 Å². The van der Waals surface area contributed by atoms with E-state index < -0.39 is 22.3 Å². The van der Waals surface area contributed by atoms with E-state index in [4.69, 9.17) is 36.9 Å². The summed E-state index contributed by atoms with van der Waals surface area (Å²) in [5.74, 6) is -1.41. The Morgan fingerprint density at radius 3 is 2.62 bits per heavy atom. The first-order valence-electron chi connectivity index (χ1n) is 7.68. The molecule has 156 valence electrons. The molecule has 0 saturated carbocycles. The van der Waals surface area contributed by atoms with Gasteiger partial charge in [0.2, 0.25) is 11.8 Å². The summed E-state index contributed by atoms with van der Waals surface area (Å²) in [4.78, 5) is 31.4. The number of halogens is 2. The van der Waals surface area contributed by atoms with Crippen LogP contribution < -0.4 is 19.0 Å². The third-order valence-electron chi connectivity index (χ3n) is 2.94. The predicted molar refractivity (Wildman–Crippen MR) is 103 cm³/mol. The molecule has 29 heavy (non-hydrogen) atoms. The van der Waals surface area contributed by atoms with E-state index in [0.29, 0.717) is 0 Å².